The second kappa shape index (κ2) is 8.87. The van der Waals surface area contributed by atoms with Gasteiger partial charge in [0, 0.05) is 18.8 Å². The first-order chi connectivity index (χ1) is 12.9. The Morgan fingerprint density at radius 3 is 2.63 bits per heavy atom. The largest absolute Gasteiger partial charge is 0.338 e. The van der Waals surface area contributed by atoms with Crippen LogP contribution in [0.2, 0.25) is 0 Å². The fraction of sp³-hybridized carbons (Fsp3) is 0.636. The lowest BCUT2D eigenvalue weighted by Crippen LogP contribution is -3.11. The van der Waals surface area contributed by atoms with Crippen molar-refractivity contribution in [2.45, 2.75) is 46.0 Å². The highest BCUT2D eigenvalue weighted by molar-refractivity contribution is 5.92. The molecule has 1 saturated heterocycles. The number of carbonyl (C=O) groups excluding carboxylic acids is 2. The number of benzene rings is 1. The van der Waals surface area contributed by atoms with Crippen LogP contribution in [0.15, 0.2) is 18.2 Å². The van der Waals surface area contributed by atoms with Crippen LogP contribution in [-0.2, 0) is 9.59 Å². The van der Waals surface area contributed by atoms with E-state index in [9.17, 15) is 9.59 Å². The zero-order chi connectivity index (χ0) is 19.4. The molecular weight excluding hydrogens is 338 g/mol. The number of carbonyl (C=O) groups is 2. The topological polar surface area (TPSA) is 53.9 Å². The first kappa shape index (κ1) is 19.9. The summed E-state index contributed by atoms with van der Waals surface area (Å²) in [7, 11) is 1.92. The van der Waals surface area contributed by atoms with Crippen LogP contribution in [0.5, 0.6) is 0 Å². The van der Waals surface area contributed by atoms with Crippen LogP contribution in [0, 0.1) is 25.7 Å². The van der Waals surface area contributed by atoms with Crippen molar-refractivity contribution in [3.8, 4) is 0 Å². The third-order valence-electron chi connectivity index (χ3n) is 6.44. The molecule has 2 fully saturated rings. The minimum absolute atomic E-state index is 0.0417. The average molecular weight is 373 g/mol. The lowest BCUT2D eigenvalue weighted by Gasteiger charge is -2.41. The number of piperidine rings is 1. The average Bonchev–Trinajstić information content (AvgIpc) is 2.64. The Hall–Kier alpha value is -1.88. The molecule has 0 spiro atoms. The Bertz CT molecular complexity index is 688. The fourth-order valence-electron chi connectivity index (χ4n) is 4.61. The predicted octanol–water partition coefficient (Wildman–Crippen LogP) is 1.80. The van der Waals surface area contributed by atoms with Crippen molar-refractivity contribution >= 4 is 17.5 Å². The van der Waals surface area contributed by atoms with E-state index in [1.165, 1.54) is 25.7 Å². The summed E-state index contributed by atoms with van der Waals surface area (Å²) in [6.45, 7) is 6.56. The molecule has 0 bridgehead atoms. The minimum atomic E-state index is -0.0417. The highest BCUT2D eigenvalue weighted by Gasteiger charge is 2.33. The highest BCUT2D eigenvalue weighted by Crippen LogP contribution is 2.35. The van der Waals surface area contributed by atoms with Gasteiger partial charge in [0.1, 0.15) is 0 Å². The lowest BCUT2D eigenvalue weighted by molar-refractivity contribution is -0.862. The lowest BCUT2D eigenvalue weighted by atomic mass is 9.75. The Morgan fingerprint density at radius 1 is 1.11 bits per heavy atom. The molecule has 5 heteroatoms. The molecule has 1 saturated carbocycles. The zero-order valence-corrected chi connectivity index (χ0v) is 17.0. The highest BCUT2D eigenvalue weighted by atomic mass is 16.2. The number of nitrogens with zero attached hydrogens (tertiary/aromatic N) is 1. The second-order valence-electron chi connectivity index (χ2n) is 8.54. The summed E-state index contributed by atoms with van der Waals surface area (Å²) in [5.74, 6) is 1.68. The van der Waals surface area contributed by atoms with Gasteiger partial charge in [0.15, 0.2) is 13.1 Å². The summed E-state index contributed by atoms with van der Waals surface area (Å²) in [6.07, 6.45) is 6.44. The van der Waals surface area contributed by atoms with Crippen LogP contribution >= 0.6 is 0 Å². The molecule has 5 nitrogen and oxygen atoms in total. The third-order valence-corrected chi connectivity index (χ3v) is 6.44. The summed E-state index contributed by atoms with van der Waals surface area (Å²) in [4.78, 5) is 28.0. The van der Waals surface area contributed by atoms with E-state index >= 15 is 0 Å². The van der Waals surface area contributed by atoms with Crippen molar-refractivity contribution < 1.29 is 14.5 Å². The van der Waals surface area contributed by atoms with Gasteiger partial charge in [-0.25, -0.2) is 0 Å². The molecule has 2 aliphatic rings. The summed E-state index contributed by atoms with van der Waals surface area (Å²) < 4.78 is 0. The van der Waals surface area contributed by atoms with Gasteiger partial charge < -0.3 is 15.1 Å². The molecule has 1 aliphatic carbocycles. The van der Waals surface area contributed by atoms with Gasteiger partial charge in [0.25, 0.3) is 11.8 Å². The van der Waals surface area contributed by atoms with Crippen molar-refractivity contribution in [2.75, 3.05) is 38.5 Å². The van der Waals surface area contributed by atoms with Crippen LogP contribution < -0.4 is 10.2 Å². The van der Waals surface area contributed by atoms with Crippen LogP contribution in [0.25, 0.3) is 0 Å². The third kappa shape index (κ3) is 5.10. The van der Waals surface area contributed by atoms with Crippen molar-refractivity contribution in [3.63, 3.8) is 0 Å². The normalized spacial score (nSPS) is 23.4. The molecule has 2 amide bonds. The van der Waals surface area contributed by atoms with Gasteiger partial charge in [-0.2, -0.15) is 0 Å². The Labute approximate surface area is 163 Å². The molecule has 0 aromatic heterocycles. The van der Waals surface area contributed by atoms with Gasteiger partial charge in [-0.3, -0.25) is 9.59 Å². The molecule has 3 atom stereocenters. The van der Waals surface area contributed by atoms with E-state index in [0.29, 0.717) is 19.0 Å². The standard InChI is InChI=1S/C22H33N3O2/c1-16-7-6-10-20(17(16)2)23-21(26)14-24(3)15-22(27)25-12-11-18-8-4-5-9-19(18)13-25/h6-7,10,18-19H,4-5,8-9,11-15H2,1-3H3,(H,23,26)/p+1/t18-,19-/m1/s1. The van der Waals surface area contributed by atoms with Gasteiger partial charge in [-0.1, -0.05) is 31.4 Å². The number of likely N-dealkylation sites (tertiary alicyclic amines) is 1. The summed E-state index contributed by atoms with van der Waals surface area (Å²) >= 11 is 0. The molecule has 3 rings (SSSR count). The van der Waals surface area contributed by atoms with Gasteiger partial charge in [0.2, 0.25) is 0 Å². The molecule has 1 aromatic rings. The van der Waals surface area contributed by atoms with E-state index in [0.717, 1.165) is 47.1 Å². The monoisotopic (exact) mass is 372 g/mol. The van der Waals surface area contributed by atoms with Crippen molar-refractivity contribution in [2.24, 2.45) is 11.8 Å². The quantitative estimate of drug-likeness (QED) is 0.828. The van der Waals surface area contributed by atoms with E-state index in [1.54, 1.807) is 0 Å². The summed E-state index contributed by atoms with van der Waals surface area (Å²) in [5, 5.41) is 2.99. The Kier molecular flexibility index (Phi) is 6.53. The van der Waals surface area contributed by atoms with E-state index in [4.69, 9.17) is 0 Å². The molecule has 1 aromatic carbocycles. The Balaban J connectivity index is 1.47. The smallest absolute Gasteiger partial charge is 0.279 e. The molecule has 1 unspecified atom stereocenters. The SMILES string of the molecule is Cc1cccc(NC(=O)C[NH+](C)CC(=O)N2CC[C@H]3CCCC[C@@H]3C2)c1C. The number of hydrogen-bond acceptors (Lipinski definition) is 2. The summed E-state index contributed by atoms with van der Waals surface area (Å²) in [5.41, 5.74) is 3.11. The van der Waals surface area contributed by atoms with Crippen LogP contribution in [0.4, 0.5) is 5.69 Å². The summed E-state index contributed by atoms with van der Waals surface area (Å²) in [6, 6.07) is 5.92. The zero-order valence-electron chi connectivity index (χ0n) is 17.0. The molecule has 0 radical (unpaired) electrons. The number of fused-ring (bicyclic) bond motifs is 1. The molecule has 2 N–H and O–H groups in total. The number of aryl methyl sites for hydroxylation is 1. The maximum atomic E-state index is 12.7. The maximum absolute atomic E-state index is 12.7. The fourth-order valence-corrected chi connectivity index (χ4v) is 4.61. The number of anilines is 1. The molecular formula is C22H34N3O2+. The number of quaternary nitrogens is 1. The van der Waals surface area contributed by atoms with E-state index in [1.807, 2.05) is 44.0 Å². The molecule has 27 heavy (non-hydrogen) atoms. The molecule has 1 aliphatic heterocycles. The van der Waals surface area contributed by atoms with Gasteiger partial charge >= 0.3 is 0 Å². The predicted molar refractivity (Wildman–Crippen MR) is 108 cm³/mol. The first-order valence-corrected chi connectivity index (χ1v) is 10.4. The number of nitrogens with one attached hydrogen (secondary N) is 2. The molecule has 148 valence electrons. The van der Waals surface area contributed by atoms with E-state index in [2.05, 4.69) is 5.32 Å². The number of hydrogen-bond donors (Lipinski definition) is 2. The van der Waals surface area contributed by atoms with Crippen molar-refractivity contribution in [1.29, 1.82) is 0 Å². The van der Waals surface area contributed by atoms with Gasteiger partial charge in [-0.15, -0.1) is 0 Å². The van der Waals surface area contributed by atoms with Gasteiger partial charge in [0.05, 0.1) is 7.05 Å². The van der Waals surface area contributed by atoms with Gasteiger partial charge in [-0.05, 0) is 55.7 Å². The van der Waals surface area contributed by atoms with E-state index in [-0.39, 0.29) is 11.8 Å². The maximum Gasteiger partial charge on any atom is 0.279 e. The van der Waals surface area contributed by atoms with Crippen molar-refractivity contribution in [1.82, 2.24) is 4.90 Å². The molecule has 1 heterocycles. The van der Waals surface area contributed by atoms with E-state index < -0.39 is 0 Å². The minimum Gasteiger partial charge on any atom is -0.338 e. The first-order valence-electron chi connectivity index (χ1n) is 10.4. The van der Waals surface area contributed by atoms with Crippen LogP contribution in [0.1, 0.15) is 43.2 Å². The Morgan fingerprint density at radius 2 is 1.85 bits per heavy atom. The van der Waals surface area contributed by atoms with Crippen molar-refractivity contribution in [3.05, 3.63) is 29.3 Å². The van der Waals surface area contributed by atoms with Crippen LogP contribution in [-0.4, -0.2) is 49.9 Å². The van der Waals surface area contributed by atoms with Crippen LogP contribution in [0.3, 0.4) is 0 Å². The number of likely N-dealkylation sites (N-methyl/N-ethyl adjacent to an activating group) is 1. The second-order valence-corrected chi connectivity index (χ2v) is 8.54. The number of rotatable bonds is 5. The number of amides is 2.